The molecule has 1 atom stereocenters. The van der Waals surface area contributed by atoms with Gasteiger partial charge in [-0.1, -0.05) is 6.42 Å². The van der Waals surface area contributed by atoms with Crippen molar-refractivity contribution in [3.8, 4) is 0 Å². The molecule has 0 spiro atoms. The minimum absolute atomic E-state index is 0.0180. The Bertz CT molecular complexity index is 517. The smallest absolute Gasteiger partial charge is 0.241 e. The second kappa shape index (κ2) is 6.26. The second-order valence-electron chi connectivity index (χ2n) is 5.83. The molecule has 5 nitrogen and oxygen atoms in total. The molecule has 1 aromatic rings. The molecule has 2 fully saturated rings. The first-order chi connectivity index (χ1) is 10.2. The van der Waals surface area contributed by atoms with E-state index in [2.05, 4.69) is 16.0 Å². The van der Waals surface area contributed by atoms with Crippen LogP contribution in [-0.4, -0.2) is 24.4 Å². The van der Waals surface area contributed by atoms with E-state index >= 15 is 0 Å². The standard InChI is InChI=1S/C16H21N3O2/c20-15(11-4-5-11)18-12-6-8-13(9-7-12)19-16(21)14-3-1-2-10-17-14/h6-9,11,14,17H,1-5,10H2,(H,18,20)(H,19,21)/t14-/m0/s1. The molecule has 0 unspecified atom stereocenters. The summed E-state index contributed by atoms with van der Waals surface area (Å²) in [6, 6.07) is 7.20. The van der Waals surface area contributed by atoms with Crippen molar-refractivity contribution in [2.45, 2.75) is 38.1 Å². The van der Waals surface area contributed by atoms with E-state index in [1.165, 1.54) is 0 Å². The molecule has 1 aromatic carbocycles. The zero-order valence-electron chi connectivity index (χ0n) is 12.0. The number of hydrogen-bond donors (Lipinski definition) is 3. The molecular weight excluding hydrogens is 266 g/mol. The van der Waals surface area contributed by atoms with E-state index < -0.39 is 0 Å². The largest absolute Gasteiger partial charge is 0.326 e. The molecule has 2 aliphatic rings. The van der Waals surface area contributed by atoms with Crippen molar-refractivity contribution in [3.05, 3.63) is 24.3 Å². The summed E-state index contributed by atoms with van der Waals surface area (Å²) in [4.78, 5) is 23.7. The van der Waals surface area contributed by atoms with Gasteiger partial charge in [0, 0.05) is 17.3 Å². The number of rotatable bonds is 4. The SMILES string of the molecule is O=C(Nc1ccc(NC(=O)[C@@H]2CCCCN2)cc1)C1CC1. The minimum Gasteiger partial charge on any atom is -0.326 e. The molecule has 0 radical (unpaired) electrons. The fourth-order valence-electron chi connectivity index (χ4n) is 2.53. The Kier molecular flexibility index (Phi) is 4.20. The summed E-state index contributed by atoms with van der Waals surface area (Å²) in [7, 11) is 0. The van der Waals surface area contributed by atoms with Gasteiger partial charge < -0.3 is 16.0 Å². The maximum absolute atomic E-state index is 12.1. The first-order valence-corrected chi connectivity index (χ1v) is 7.67. The van der Waals surface area contributed by atoms with Gasteiger partial charge in [-0.25, -0.2) is 0 Å². The third-order valence-electron chi connectivity index (χ3n) is 3.99. The monoisotopic (exact) mass is 287 g/mol. The molecule has 3 N–H and O–H groups in total. The van der Waals surface area contributed by atoms with Crippen molar-refractivity contribution < 1.29 is 9.59 Å². The molecule has 1 aliphatic heterocycles. The van der Waals surface area contributed by atoms with Crippen molar-refractivity contribution in [1.82, 2.24) is 5.32 Å². The molecule has 0 bridgehead atoms. The highest BCUT2D eigenvalue weighted by molar-refractivity contribution is 5.96. The summed E-state index contributed by atoms with van der Waals surface area (Å²) in [5.41, 5.74) is 1.54. The van der Waals surface area contributed by atoms with Crippen LogP contribution in [0.3, 0.4) is 0 Å². The lowest BCUT2D eigenvalue weighted by Gasteiger charge is -2.22. The van der Waals surface area contributed by atoms with Crippen LogP contribution in [0.1, 0.15) is 32.1 Å². The lowest BCUT2D eigenvalue weighted by Crippen LogP contribution is -2.43. The molecule has 1 aliphatic carbocycles. The number of benzene rings is 1. The number of amides is 2. The van der Waals surface area contributed by atoms with E-state index in [1.807, 2.05) is 24.3 Å². The fraction of sp³-hybridized carbons (Fsp3) is 0.500. The van der Waals surface area contributed by atoms with Crippen LogP contribution in [0.15, 0.2) is 24.3 Å². The highest BCUT2D eigenvalue weighted by Crippen LogP contribution is 2.30. The van der Waals surface area contributed by atoms with Gasteiger partial charge >= 0.3 is 0 Å². The fourth-order valence-corrected chi connectivity index (χ4v) is 2.53. The molecule has 112 valence electrons. The second-order valence-corrected chi connectivity index (χ2v) is 5.83. The lowest BCUT2D eigenvalue weighted by molar-refractivity contribution is -0.119. The van der Waals surface area contributed by atoms with Crippen molar-refractivity contribution in [2.75, 3.05) is 17.2 Å². The number of carbonyl (C=O) groups is 2. The van der Waals surface area contributed by atoms with E-state index in [-0.39, 0.29) is 23.8 Å². The van der Waals surface area contributed by atoms with E-state index in [9.17, 15) is 9.59 Å². The summed E-state index contributed by atoms with van der Waals surface area (Å²) in [6.45, 7) is 0.907. The summed E-state index contributed by atoms with van der Waals surface area (Å²) in [6.07, 6.45) is 5.11. The Morgan fingerprint density at radius 3 is 2.05 bits per heavy atom. The Labute approximate surface area is 124 Å². The van der Waals surface area contributed by atoms with Gasteiger partial charge in [0.15, 0.2) is 0 Å². The Balaban J connectivity index is 1.53. The van der Waals surface area contributed by atoms with E-state index in [1.54, 1.807) is 0 Å². The van der Waals surface area contributed by atoms with Gasteiger partial charge in [0.05, 0.1) is 6.04 Å². The maximum Gasteiger partial charge on any atom is 0.241 e. The summed E-state index contributed by atoms with van der Waals surface area (Å²) in [5.74, 6) is 0.310. The Morgan fingerprint density at radius 2 is 1.52 bits per heavy atom. The van der Waals surface area contributed by atoms with Crippen LogP contribution in [0.4, 0.5) is 11.4 Å². The third kappa shape index (κ3) is 3.82. The third-order valence-corrected chi connectivity index (χ3v) is 3.99. The van der Waals surface area contributed by atoms with Crippen LogP contribution in [0, 0.1) is 5.92 Å². The predicted octanol–water partition coefficient (Wildman–Crippen LogP) is 2.12. The Morgan fingerprint density at radius 1 is 0.905 bits per heavy atom. The van der Waals surface area contributed by atoms with E-state index in [4.69, 9.17) is 0 Å². The molecule has 2 amide bonds. The average molecular weight is 287 g/mol. The van der Waals surface area contributed by atoms with Gasteiger partial charge in [-0.05, 0) is 56.5 Å². The van der Waals surface area contributed by atoms with Gasteiger partial charge in [-0.2, -0.15) is 0 Å². The number of anilines is 2. The van der Waals surface area contributed by atoms with Crippen molar-refractivity contribution >= 4 is 23.2 Å². The van der Waals surface area contributed by atoms with Crippen LogP contribution >= 0.6 is 0 Å². The number of nitrogens with one attached hydrogen (secondary N) is 3. The van der Waals surface area contributed by atoms with Crippen molar-refractivity contribution in [1.29, 1.82) is 0 Å². The predicted molar refractivity (Wildman–Crippen MR) is 82.1 cm³/mol. The minimum atomic E-state index is -0.0898. The van der Waals surface area contributed by atoms with Crippen molar-refractivity contribution in [3.63, 3.8) is 0 Å². The molecule has 21 heavy (non-hydrogen) atoms. The van der Waals surface area contributed by atoms with Crippen LogP contribution in [0.25, 0.3) is 0 Å². The van der Waals surface area contributed by atoms with Gasteiger partial charge in [0.2, 0.25) is 11.8 Å². The molecular formula is C16H21N3O2. The number of piperidine rings is 1. The molecule has 5 heteroatoms. The summed E-state index contributed by atoms with van der Waals surface area (Å²) in [5, 5.41) is 9.02. The zero-order valence-corrected chi connectivity index (χ0v) is 12.0. The first-order valence-electron chi connectivity index (χ1n) is 7.67. The lowest BCUT2D eigenvalue weighted by atomic mass is 10.0. The van der Waals surface area contributed by atoms with Gasteiger partial charge in [0.25, 0.3) is 0 Å². The average Bonchev–Trinajstić information content (AvgIpc) is 3.35. The molecule has 1 heterocycles. The topological polar surface area (TPSA) is 70.2 Å². The molecule has 1 saturated carbocycles. The van der Waals surface area contributed by atoms with Crippen LogP contribution in [0.5, 0.6) is 0 Å². The normalized spacial score (nSPS) is 21.6. The van der Waals surface area contributed by atoms with Gasteiger partial charge in [-0.15, -0.1) is 0 Å². The zero-order chi connectivity index (χ0) is 14.7. The summed E-state index contributed by atoms with van der Waals surface area (Å²) < 4.78 is 0. The summed E-state index contributed by atoms with van der Waals surface area (Å²) >= 11 is 0. The Hall–Kier alpha value is -1.88. The van der Waals surface area contributed by atoms with Crippen LogP contribution < -0.4 is 16.0 Å². The van der Waals surface area contributed by atoms with Gasteiger partial charge in [0.1, 0.15) is 0 Å². The molecule has 0 aromatic heterocycles. The van der Waals surface area contributed by atoms with E-state index in [0.717, 1.165) is 50.0 Å². The maximum atomic E-state index is 12.1. The van der Waals surface area contributed by atoms with Crippen LogP contribution in [0.2, 0.25) is 0 Å². The quantitative estimate of drug-likeness (QED) is 0.794. The molecule has 3 rings (SSSR count). The van der Waals surface area contributed by atoms with Crippen LogP contribution in [-0.2, 0) is 9.59 Å². The highest BCUT2D eigenvalue weighted by atomic mass is 16.2. The number of carbonyl (C=O) groups excluding carboxylic acids is 2. The number of hydrogen-bond acceptors (Lipinski definition) is 3. The van der Waals surface area contributed by atoms with E-state index in [0.29, 0.717) is 0 Å². The molecule has 1 saturated heterocycles. The van der Waals surface area contributed by atoms with Gasteiger partial charge in [-0.3, -0.25) is 9.59 Å². The highest BCUT2D eigenvalue weighted by Gasteiger charge is 2.29. The first kappa shape index (κ1) is 14.1. The van der Waals surface area contributed by atoms with Crippen molar-refractivity contribution in [2.24, 2.45) is 5.92 Å².